The highest BCUT2D eigenvalue weighted by Crippen LogP contribution is 2.17. The summed E-state index contributed by atoms with van der Waals surface area (Å²) in [4.78, 5) is 4.19. The number of nitrogens with zero attached hydrogens (tertiary/aromatic N) is 1. The number of aliphatic hydroxyl groups excluding tert-OH is 1. The van der Waals surface area contributed by atoms with E-state index < -0.39 is 6.10 Å². The normalized spacial score (nSPS) is 12.2. The number of aryl methyl sites for hydroxylation is 1. The zero-order chi connectivity index (χ0) is 13.0. The summed E-state index contributed by atoms with van der Waals surface area (Å²) in [5, 5.41) is 12.9. The number of pyridine rings is 1. The van der Waals surface area contributed by atoms with Crippen LogP contribution in [0.5, 0.6) is 5.88 Å². The molecule has 0 aliphatic rings. The number of anilines is 1. The molecule has 2 aromatic heterocycles. The van der Waals surface area contributed by atoms with Crippen molar-refractivity contribution in [2.24, 2.45) is 0 Å². The van der Waals surface area contributed by atoms with E-state index in [4.69, 9.17) is 9.15 Å². The van der Waals surface area contributed by atoms with Crippen molar-refractivity contribution in [3.05, 3.63) is 41.9 Å². The van der Waals surface area contributed by atoms with Crippen molar-refractivity contribution in [3.63, 3.8) is 0 Å². The molecule has 0 radical (unpaired) electrons. The molecule has 5 heteroatoms. The van der Waals surface area contributed by atoms with Crippen LogP contribution in [0.15, 0.2) is 34.7 Å². The number of furan rings is 1. The summed E-state index contributed by atoms with van der Waals surface area (Å²) >= 11 is 0. The Bertz CT molecular complexity index is 510. The maximum Gasteiger partial charge on any atom is 0.214 e. The predicted molar refractivity (Wildman–Crippen MR) is 67.7 cm³/mol. The molecule has 18 heavy (non-hydrogen) atoms. The second-order valence-corrected chi connectivity index (χ2v) is 3.91. The molecule has 0 bridgehead atoms. The van der Waals surface area contributed by atoms with E-state index in [9.17, 15) is 5.11 Å². The SMILES string of the molecule is COc1cccc(NCC(O)c2ccc(C)o2)n1. The Labute approximate surface area is 105 Å². The highest BCUT2D eigenvalue weighted by atomic mass is 16.5. The molecule has 0 spiro atoms. The molecule has 2 aromatic rings. The summed E-state index contributed by atoms with van der Waals surface area (Å²) in [6.45, 7) is 2.17. The first kappa shape index (κ1) is 12.4. The molecule has 0 aliphatic carbocycles. The van der Waals surface area contributed by atoms with Crippen LogP contribution >= 0.6 is 0 Å². The topological polar surface area (TPSA) is 67.5 Å². The average Bonchev–Trinajstić information content (AvgIpc) is 2.83. The lowest BCUT2D eigenvalue weighted by atomic mass is 10.2. The van der Waals surface area contributed by atoms with E-state index in [1.54, 1.807) is 19.2 Å². The molecule has 96 valence electrons. The molecule has 0 saturated carbocycles. The average molecular weight is 248 g/mol. The second-order valence-electron chi connectivity index (χ2n) is 3.91. The highest BCUT2D eigenvalue weighted by molar-refractivity contribution is 5.37. The Morgan fingerprint density at radius 2 is 2.22 bits per heavy atom. The van der Waals surface area contributed by atoms with Gasteiger partial charge < -0.3 is 19.6 Å². The highest BCUT2D eigenvalue weighted by Gasteiger charge is 2.11. The van der Waals surface area contributed by atoms with Crippen LogP contribution in [0.2, 0.25) is 0 Å². The zero-order valence-electron chi connectivity index (χ0n) is 10.4. The molecule has 0 saturated heterocycles. The van der Waals surface area contributed by atoms with Crippen LogP contribution in [0.3, 0.4) is 0 Å². The Morgan fingerprint density at radius 3 is 2.89 bits per heavy atom. The van der Waals surface area contributed by atoms with Gasteiger partial charge in [-0.2, -0.15) is 4.98 Å². The van der Waals surface area contributed by atoms with Crippen LogP contribution in [0.1, 0.15) is 17.6 Å². The number of ether oxygens (including phenoxy) is 1. The van der Waals surface area contributed by atoms with Gasteiger partial charge in [-0.3, -0.25) is 0 Å². The minimum absolute atomic E-state index is 0.327. The van der Waals surface area contributed by atoms with E-state index in [0.29, 0.717) is 24.0 Å². The first-order valence-corrected chi connectivity index (χ1v) is 5.68. The molecule has 1 unspecified atom stereocenters. The molecular formula is C13H16N2O3. The minimum Gasteiger partial charge on any atom is -0.481 e. The van der Waals surface area contributed by atoms with Gasteiger partial charge in [-0.05, 0) is 25.1 Å². The first-order valence-electron chi connectivity index (χ1n) is 5.68. The van der Waals surface area contributed by atoms with E-state index >= 15 is 0 Å². The van der Waals surface area contributed by atoms with Gasteiger partial charge >= 0.3 is 0 Å². The summed E-state index contributed by atoms with van der Waals surface area (Å²) < 4.78 is 10.4. The van der Waals surface area contributed by atoms with Crippen molar-refractivity contribution in [2.45, 2.75) is 13.0 Å². The summed E-state index contributed by atoms with van der Waals surface area (Å²) in [7, 11) is 1.56. The van der Waals surface area contributed by atoms with Gasteiger partial charge in [0.25, 0.3) is 0 Å². The fourth-order valence-electron chi connectivity index (χ4n) is 1.56. The number of nitrogens with one attached hydrogen (secondary N) is 1. The Kier molecular flexibility index (Phi) is 3.84. The van der Waals surface area contributed by atoms with Crippen LogP contribution in [0, 0.1) is 6.92 Å². The van der Waals surface area contributed by atoms with Crippen molar-refractivity contribution in [1.82, 2.24) is 4.98 Å². The molecule has 5 nitrogen and oxygen atoms in total. The molecule has 0 aliphatic heterocycles. The Hall–Kier alpha value is -2.01. The van der Waals surface area contributed by atoms with E-state index in [-0.39, 0.29) is 0 Å². The van der Waals surface area contributed by atoms with Gasteiger partial charge in [0.15, 0.2) is 0 Å². The monoisotopic (exact) mass is 248 g/mol. The smallest absolute Gasteiger partial charge is 0.214 e. The Balaban J connectivity index is 1.94. The Morgan fingerprint density at radius 1 is 1.39 bits per heavy atom. The summed E-state index contributed by atoms with van der Waals surface area (Å²) in [5.41, 5.74) is 0. The van der Waals surface area contributed by atoms with Crippen molar-refractivity contribution >= 4 is 5.82 Å². The van der Waals surface area contributed by atoms with Gasteiger partial charge in [-0.1, -0.05) is 6.07 Å². The van der Waals surface area contributed by atoms with Crippen molar-refractivity contribution in [3.8, 4) is 5.88 Å². The third kappa shape index (κ3) is 3.01. The number of rotatable bonds is 5. The minimum atomic E-state index is -0.702. The van der Waals surface area contributed by atoms with Crippen LogP contribution in [-0.4, -0.2) is 23.7 Å². The van der Waals surface area contributed by atoms with Crippen molar-refractivity contribution < 1.29 is 14.3 Å². The molecule has 0 amide bonds. The first-order chi connectivity index (χ1) is 8.69. The lowest BCUT2D eigenvalue weighted by Gasteiger charge is -2.10. The van der Waals surface area contributed by atoms with Gasteiger partial charge in [0, 0.05) is 12.6 Å². The van der Waals surface area contributed by atoms with E-state index in [2.05, 4.69) is 10.3 Å². The van der Waals surface area contributed by atoms with Crippen LogP contribution < -0.4 is 10.1 Å². The molecule has 1 atom stereocenters. The summed E-state index contributed by atoms with van der Waals surface area (Å²) in [6.07, 6.45) is -0.702. The predicted octanol–water partition coefficient (Wildman–Crippen LogP) is 2.14. The van der Waals surface area contributed by atoms with Gasteiger partial charge in [0.1, 0.15) is 23.4 Å². The number of aliphatic hydroxyl groups is 1. The third-order valence-electron chi connectivity index (χ3n) is 2.50. The van der Waals surface area contributed by atoms with E-state index in [1.165, 1.54) is 0 Å². The fraction of sp³-hybridized carbons (Fsp3) is 0.308. The molecule has 2 heterocycles. The van der Waals surface area contributed by atoms with Gasteiger partial charge in [-0.15, -0.1) is 0 Å². The van der Waals surface area contributed by atoms with Crippen molar-refractivity contribution in [2.75, 3.05) is 19.0 Å². The second kappa shape index (κ2) is 5.55. The van der Waals surface area contributed by atoms with Crippen LogP contribution in [-0.2, 0) is 0 Å². The maximum absolute atomic E-state index is 9.91. The van der Waals surface area contributed by atoms with E-state index in [1.807, 2.05) is 25.1 Å². The van der Waals surface area contributed by atoms with Gasteiger partial charge in [0.2, 0.25) is 5.88 Å². The quantitative estimate of drug-likeness (QED) is 0.848. The third-order valence-corrected chi connectivity index (χ3v) is 2.50. The summed E-state index contributed by atoms with van der Waals surface area (Å²) in [6, 6.07) is 8.99. The molecular weight excluding hydrogens is 232 g/mol. The standard InChI is InChI=1S/C13H16N2O3/c1-9-6-7-11(18-9)10(16)8-14-12-4-3-5-13(15-12)17-2/h3-7,10,16H,8H2,1-2H3,(H,14,15). The van der Waals surface area contributed by atoms with Crippen LogP contribution in [0.25, 0.3) is 0 Å². The number of methoxy groups -OCH3 is 1. The van der Waals surface area contributed by atoms with Crippen LogP contribution in [0.4, 0.5) is 5.82 Å². The zero-order valence-corrected chi connectivity index (χ0v) is 10.4. The van der Waals surface area contributed by atoms with Gasteiger partial charge in [-0.25, -0.2) is 0 Å². The molecule has 2 rings (SSSR count). The largest absolute Gasteiger partial charge is 0.481 e. The lowest BCUT2D eigenvalue weighted by molar-refractivity contribution is 0.161. The lowest BCUT2D eigenvalue weighted by Crippen LogP contribution is -2.12. The van der Waals surface area contributed by atoms with E-state index in [0.717, 1.165) is 5.76 Å². The molecule has 0 aromatic carbocycles. The maximum atomic E-state index is 9.91. The number of hydrogen-bond acceptors (Lipinski definition) is 5. The van der Waals surface area contributed by atoms with Gasteiger partial charge in [0.05, 0.1) is 7.11 Å². The number of aromatic nitrogens is 1. The molecule has 2 N–H and O–H groups in total. The summed E-state index contributed by atoms with van der Waals surface area (Å²) in [5.74, 6) is 2.51. The molecule has 0 fully saturated rings. The number of hydrogen-bond donors (Lipinski definition) is 2. The fourth-order valence-corrected chi connectivity index (χ4v) is 1.56. The van der Waals surface area contributed by atoms with Crippen molar-refractivity contribution in [1.29, 1.82) is 0 Å².